The Bertz CT molecular complexity index is 571. The molecular weight excluding hydrogens is 308 g/mol. The van der Waals surface area contributed by atoms with Gasteiger partial charge < -0.3 is 0 Å². The Morgan fingerprint density at radius 2 is 2.22 bits per heavy atom. The van der Waals surface area contributed by atoms with Crippen LogP contribution in [0.3, 0.4) is 0 Å². The topological polar surface area (TPSA) is 36.7 Å². The third kappa shape index (κ3) is 2.98. The number of halogens is 1. The van der Waals surface area contributed by atoms with Crippen LogP contribution in [-0.4, -0.2) is 4.98 Å². The molecule has 0 aliphatic heterocycles. The van der Waals surface area contributed by atoms with Crippen LogP contribution >= 0.6 is 27.3 Å². The number of aromatic nitrogens is 1. The first kappa shape index (κ1) is 13.3. The van der Waals surface area contributed by atoms with E-state index < -0.39 is 0 Å². The highest BCUT2D eigenvalue weighted by Gasteiger charge is 2.11. The molecule has 1 atom stereocenters. The van der Waals surface area contributed by atoms with Crippen LogP contribution in [0.5, 0.6) is 0 Å². The van der Waals surface area contributed by atoms with E-state index in [1.807, 2.05) is 31.2 Å². The second-order valence-corrected chi connectivity index (χ2v) is 5.84. The zero-order valence-electron chi connectivity index (χ0n) is 10.1. The normalized spacial score (nSPS) is 12.1. The summed E-state index contributed by atoms with van der Waals surface area (Å²) in [5, 5.41) is 12.1. The van der Waals surface area contributed by atoms with Crippen molar-refractivity contribution in [2.45, 2.75) is 19.8 Å². The molecule has 0 fully saturated rings. The molecule has 92 valence electrons. The number of nitriles is 1. The molecule has 0 aliphatic carbocycles. The van der Waals surface area contributed by atoms with Crippen LogP contribution in [0, 0.1) is 17.2 Å². The first-order valence-electron chi connectivity index (χ1n) is 5.83. The minimum atomic E-state index is 0.0724. The average Bonchev–Trinajstić information content (AvgIpc) is 2.85. The lowest BCUT2D eigenvalue weighted by molar-refractivity contribution is 0.636. The first-order valence-corrected chi connectivity index (χ1v) is 7.50. The highest BCUT2D eigenvalue weighted by Crippen LogP contribution is 2.29. The molecular formula is C14H13BrN2S. The summed E-state index contributed by atoms with van der Waals surface area (Å²) in [5.74, 6) is 0.0724. The summed E-state index contributed by atoms with van der Waals surface area (Å²) in [5.41, 5.74) is 2.08. The number of nitrogens with zero attached hydrogens (tertiary/aromatic N) is 2. The molecule has 1 unspecified atom stereocenters. The van der Waals surface area contributed by atoms with Crippen LogP contribution < -0.4 is 0 Å². The van der Waals surface area contributed by atoms with Crippen LogP contribution in [0.15, 0.2) is 34.1 Å². The van der Waals surface area contributed by atoms with E-state index in [1.54, 1.807) is 11.3 Å². The fraction of sp³-hybridized carbons (Fsp3) is 0.286. The van der Waals surface area contributed by atoms with Gasteiger partial charge in [0.05, 0.1) is 22.7 Å². The maximum atomic E-state index is 8.97. The second-order valence-electron chi connectivity index (χ2n) is 4.04. The number of thiazole rings is 1. The van der Waals surface area contributed by atoms with Crippen LogP contribution in [0.4, 0.5) is 0 Å². The Balaban J connectivity index is 2.21. The SMILES string of the molecule is CCC(C#N)Cc1nc(-c2ccccc2Br)cs1. The van der Waals surface area contributed by atoms with Crippen molar-refractivity contribution in [3.05, 3.63) is 39.1 Å². The third-order valence-corrected chi connectivity index (χ3v) is 4.36. The summed E-state index contributed by atoms with van der Waals surface area (Å²) in [4.78, 5) is 4.61. The van der Waals surface area contributed by atoms with Gasteiger partial charge in [-0.2, -0.15) is 5.26 Å². The Morgan fingerprint density at radius 1 is 1.44 bits per heavy atom. The molecule has 1 aromatic carbocycles. The number of hydrogen-bond donors (Lipinski definition) is 0. The molecule has 1 aromatic heterocycles. The monoisotopic (exact) mass is 320 g/mol. The van der Waals surface area contributed by atoms with Gasteiger partial charge in [0.2, 0.25) is 0 Å². The van der Waals surface area contributed by atoms with E-state index in [0.717, 1.165) is 33.6 Å². The molecule has 2 aromatic rings. The van der Waals surface area contributed by atoms with Gasteiger partial charge in [-0.3, -0.25) is 0 Å². The summed E-state index contributed by atoms with van der Waals surface area (Å²) in [6, 6.07) is 10.4. The van der Waals surface area contributed by atoms with Gasteiger partial charge in [-0.15, -0.1) is 11.3 Å². The minimum Gasteiger partial charge on any atom is -0.241 e. The van der Waals surface area contributed by atoms with Gasteiger partial charge in [0.25, 0.3) is 0 Å². The van der Waals surface area contributed by atoms with Crippen molar-refractivity contribution in [1.82, 2.24) is 4.98 Å². The van der Waals surface area contributed by atoms with Crippen LogP contribution in [-0.2, 0) is 6.42 Å². The van der Waals surface area contributed by atoms with E-state index in [0.29, 0.717) is 0 Å². The fourth-order valence-electron chi connectivity index (χ4n) is 1.69. The van der Waals surface area contributed by atoms with Crippen molar-refractivity contribution in [2.24, 2.45) is 5.92 Å². The van der Waals surface area contributed by atoms with E-state index in [9.17, 15) is 0 Å². The maximum Gasteiger partial charge on any atom is 0.0945 e. The lowest BCUT2D eigenvalue weighted by atomic mass is 10.1. The van der Waals surface area contributed by atoms with Gasteiger partial charge in [-0.05, 0) is 12.5 Å². The Hall–Kier alpha value is -1.18. The van der Waals surface area contributed by atoms with Gasteiger partial charge in [-0.1, -0.05) is 41.1 Å². The highest BCUT2D eigenvalue weighted by atomic mass is 79.9. The minimum absolute atomic E-state index is 0.0724. The summed E-state index contributed by atoms with van der Waals surface area (Å²) < 4.78 is 1.05. The molecule has 0 N–H and O–H groups in total. The van der Waals surface area contributed by atoms with E-state index in [2.05, 4.69) is 32.4 Å². The Labute approximate surface area is 119 Å². The van der Waals surface area contributed by atoms with Crippen molar-refractivity contribution < 1.29 is 0 Å². The van der Waals surface area contributed by atoms with E-state index in [1.165, 1.54) is 0 Å². The van der Waals surface area contributed by atoms with Crippen molar-refractivity contribution in [1.29, 1.82) is 5.26 Å². The predicted octanol–water partition coefficient (Wildman–Crippen LogP) is 4.66. The van der Waals surface area contributed by atoms with E-state index in [4.69, 9.17) is 5.26 Å². The number of rotatable bonds is 4. The Morgan fingerprint density at radius 3 is 2.89 bits per heavy atom. The average molecular weight is 321 g/mol. The molecule has 1 heterocycles. The summed E-state index contributed by atoms with van der Waals surface area (Å²) in [6.45, 7) is 2.04. The third-order valence-electron chi connectivity index (χ3n) is 2.80. The van der Waals surface area contributed by atoms with Crippen LogP contribution in [0.1, 0.15) is 18.4 Å². The van der Waals surface area contributed by atoms with Crippen LogP contribution in [0.2, 0.25) is 0 Å². The quantitative estimate of drug-likeness (QED) is 0.821. The highest BCUT2D eigenvalue weighted by molar-refractivity contribution is 9.10. The van der Waals surface area contributed by atoms with Crippen molar-refractivity contribution in [2.75, 3.05) is 0 Å². The zero-order chi connectivity index (χ0) is 13.0. The van der Waals surface area contributed by atoms with Gasteiger partial charge in [0, 0.05) is 21.8 Å². The molecule has 4 heteroatoms. The Kier molecular flexibility index (Phi) is 4.51. The standard InChI is InChI=1S/C14H13BrN2S/c1-2-10(8-16)7-14-17-13(9-18-14)11-5-3-4-6-12(11)15/h3-6,9-10H,2,7H2,1H3. The lowest BCUT2D eigenvalue weighted by Gasteiger charge is -2.02. The van der Waals surface area contributed by atoms with Gasteiger partial charge in [0.1, 0.15) is 0 Å². The lowest BCUT2D eigenvalue weighted by Crippen LogP contribution is -1.99. The zero-order valence-corrected chi connectivity index (χ0v) is 12.5. The van der Waals surface area contributed by atoms with Crippen molar-refractivity contribution in [3.8, 4) is 17.3 Å². The molecule has 0 aliphatic rings. The molecule has 0 amide bonds. The number of benzene rings is 1. The second kappa shape index (κ2) is 6.12. The molecule has 0 spiro atoms. The first-order chi connectivity index (χ1) is 8.74. The predicted molar refractivity (Wildman–Crippen MR) is 78.3 cm³/mol. The van der Waals surface area contributed by atoms with Crippen molar-refractivity contribution >= 4 is 27.3 Å². The molecule has 2 nitrogen and oxygen atoms in total. The van der Waals surface area contributed by atoms with E-state index >= 15 is 0 Å². The largest absolute Gasteiger partial charge is 0.241 e. The van der Waals surface area contributed by atoms with Crippen molar-refractivity contribution in [3.63, 3.8) is 0 Å². The molecule has 0 saturated heterocycles. The molecule has 0 saturated carbocycles. The summed E-state index contributed by atoms with van der Waals surface area (Å²) in [6.07, 6.45) is 1.63. The van der Waals surface area contributed by atoms with Gasteiger partial charge in [0.15, 0.2) is 0 Å². The number of hydrogen-bond acceptors (Lipinski definition) is 3. The molecule has 18 heavy (non-hydrogen) atoms. The summed E-state index contributed by atoms with van der Waals surface area (Å²) in [7, 11) is 0. The molecule has 0 bridgehead atoms. The van der Waals surface area contributed by atoms with E-state index in [-0.39, 0.29) is 5.92 Å². The molecule has 2 rings (SSSR count). The van der Waals surface area contributed by atoms with Gasteiger partial charge >= 0.3 is 0 Å². The smallest absolute Gasteiger partial charge is 0.0945 e. The summed E-state index contributed by atoms with van der Waals surface area (Å²) >= 11 is 5.16. The van der Waals surface area contributed by atoms with Crippen LogP contribution in [0.25, 0.3) is 11.3 Å². The molecule has 0 radical (unpaired) electrons. The van der Waals surface area contributed by atoms with Gasteiger partial charge in [-0.25, -0.2) is 4.98 Å². The maximum absolute atomic E-state index is 8.97. The fourth-order valence-corrected chi connectivity index (χ4v) is 3.05.